The summed E-state index contributed by atoms with van der Waals surface area (Å²) in [5, 5.41) is 5.26. The van der Waals surface area contributed by atoms with Crippen LogP contribution in [0.15, 0.2) is 30.3 Å². The van der Waals surface area contributed by atoms with Crippen LogP contribution in [0.3, 0.4) is 0 Å². The van der Waals surface area contributed by atoms with Crippen molar-refractivity contribution >= 4 is 6.03 Å². The summed E-state index contributed by atoms with van der Waals surface area (Å²) < 4.78 is 5.66. The topological polar surface area (TPSA) is 50.4 Å². The van der Waals surface area contributed by atoms with Gasteiger partial charge in [0.05, 0.1) is 12.7 Å². The Morgan fingerprint density at radius 1 is 1.05 bits per heavy atom. The van der Waals surface area contributed by atoms with Crippen LogP contribution in [0.25, 0.3) is 0 Å². The van der Waals surface area contributed by atoms with Crippen molar-refractivity contribution < 1.29 is 9.53 Å². The predicted molar refractivity (Wildman–Crippen MR) is 74.9 cm³/mol. The van der Waals surface area contributed by atoms with Gasteiger partial charge in [0, 0.05) is 13.1 Å². The lowest BCUT2D eigenvalue weighted by Gasteiger charge is -2.25. The summed E-state index contributed by atoms with van der Waals surface area (Å²) in [6, 6.07) is 10.3. The monoisotopic (exact) mass is 262 g/mol. The first-order valence-corrected chi connectivity index (χ1v) is 7.02. The molecule has 1 saturated heterocycles. The van der Waals surface area contributed by atoms with Gasteiger partial charge in [0.25, 0.3) is 0 Å². The summed E-state index contributed by atoms with van der Waals surface area (Å²) in [6.07, 6.45) is 5.45. The minimum Gasteiger partial charge on any atom is -0.374 e. The molecule has 1 saturated carbocycles. The highest BCUT2D eigenvalue weighted by atomic mass is 16.5. The number of nitrogens with one attached hydrogen (secondary N) is 2. The third-order valence-electron chi connectivity index (χ3n) is 3.31. The van der Waals surface area contributed by atoms with Gasteiger partial charge in [-0.15, -0.1) is 0 Å². The molecule has 0 bridgehead atoms. The number of benzene rings is 1. The van der Waals surface area contributed by atoms with Gasteiger partial charge in [0.1, 0.15) is 0 Å². The van der Waals surface area contributed by atoms with E-state index in [1.807, 2.05) is 6.07 Å². The Hall–Kier alpha value is -1.55. The van der Waals surface area contributed by atoms with E-state index >= 15 is 0 Å². The molecule has 0 spiro atoms. The highest BCUT2D eigenvalue weighted by Crippen LogP contribution is 2.22. The van der Waals surface area contributed by atoms with Crippen LogP contribution in [-0.2, 0) is 11.3 Å². The molecule has 0 atom stereocenters. The van der Waals surface area contributed by atoms with Gasteiger partial charge in [-0.05, 0) is 31.2 Å². The van der Waals surface area contributed by atoms with Crippen LogP contribution in [0.2, 0.25) is 0 Å². The van der Waals surface area contributed by atoms with E-state index < -0.39 is 0 Å². The zero-order chi connectivity index (χ0) is 13.3. The first-order chi connectivity index (χ1) is 9.34. The van der Waals surface area contributed by atoms with Gasteiger partial charge in [-0.25, -0.2) is 4.79 Å². The standard InChI is InChI=1S/C11H14O.C4H8N2O/c1-2-5-10(6-3-1)9-12-11-7-4-8-11;7-4-5-2-1-3-6-4/h1-3,5-6,11H,4,7-9H2;1-3H2,(H2,5,6,7). The lowest BCUT2D eigenvalue weighted by Crippen LogP contribution is -2.42. The quantitative estimate of drug-likeness (QED) is 0.879. The van der Waals surface area contributed by atoms with E-state index in [0.29, 0.717) is 6.10 Å². The van der Waals surface area contributed by atoms with Gasteiger partial charge in [-0.1, -0.05) is 30.3 Å². The second kappa shape index (κ2) is 7.79. The number of carbonyl (C=O) groups excluding carboxylic acids is 1. The van der Waals surface area contributed by atoms with Crippen molar-refractivity contribution in [2.75, 3.05) is 13.1 Å². The number of ether oxygens (including phenoxy) is 1. The Balaban J connectivity index is 0.000000163. The van der Waals surface area contributed by atoms with Crippen molar-refractivity contribution in [3.05, 3.63) is 35.9 Å². The van der Waals surface area contributed by atoms with Crippen LogP contribution < -0.4 is 10.6 Å². The minimum atomic E-state index is -0.0359. The van der Waals surface area contributed by atoms with Gasteiger partial charge in [-0.2, -0.15) is 0 Å². The van der Waals surface area contributed by atoms with Crippen molar-refractivity contribution in [3.63, 3.8) is 0 Å². The zero-order valence-electron chi connectivity index (χ0n) is 11.2. The van der Waals surface area contributed by atoms with Crippen LogP contribution >= 0.6 is 0 Å². The van der Waals surface area contributed by atoms with Gasteiger partial charge in [-0.3, -0.25) is 0 Å². The largest absolute Gasteiger partial charge is 0.374 e. The maximum Gasteiger partial charge on any atom is 0.314 e. The summed E-state index contributed by atoms with van der Waals surface area (Å²) in [5.41, 5.74) is 1.28. The third kappa shape index (κ3) is 5.30. The number of urea groups is 1. The Bertz CT molecular complexity index is 369. The summed E-state index contributed by atoms with van der Waals surface area (Å²) in [5.74, 6) is 0. The molecule has 104 valence electrons. The molecule has 2 aliphatic rings. The van der Waals surface area contributed by atoms with Crippen LogP contribution in [0.5, 0.6) is 0 Å². The fraction of sp³-hybridized carbons (Fsp3) is 0.533. The maximum atomic E-state index is 10.2. The van der Waals surface area contributed by atoms with Gasteiger partial charge in [0.2, 0.25) is 0 Å². The Morgan fingerprint density at radius 3 is 2.21 bits per heavy atom. The van der Waals surface area contributed by atoms with Crippen LogP contribution in [0.1, 0.15) is 31.2 Å². The van der Waals surface area contributed by atoms with Crippen molar-refractivity contribution in [3.8, 4) is 0 Å². The molecule has 4 nitrogen and oxygen atoms in total. The van der Waals surface area contributed by atoms with E-state index in [2.05, 4.69) is 34.9 Å². The fourth-order valence-electron chi connectivity index (χ4n) is 1.88. The van der Waals surface area contributed by atoms with Crippen molar-refractivity contribution in [1.29, 1.82) is 0 Å². The van der Waals surface area contributed by atoms with E-state index in [9.17, 15) is 4.79 Å². The molecule has 1 aromatic carbocycles. The highest BCUT2D eigenvalue weighted by Gasteiger charge is 2.17. The molecule has 4 heteroatoms. The van der Waals surface area contributed by atoms with Crippen molar-refractivity contribution in [1.82, 2.24) is 10.6 Å². The molecule has 2 fully saturated rings. The summed E-state index contributed by atoms with van der Waals surface area (Å²) in [7, 11) is 0. The number of hydrogen-bond donors (Lipinski definition) is 2. The average molecular weight is 262 g/mol. The molecule has 19 heavy (non-hydrogen) atoms. The second-order valence-corrected chi connectivity index (χ2v) is 4.89. The molecular weight excluding hydrogens is 240 g/mol. The van der Waals surface area contributed by atoms with Crippen molar-refractivity contribution in [2.45, 2.75) is 38.4 Å². The Morgan fingerprint density at radius 2 is 1.74 bits per heavy atom. The SMILES string of the molecule is O=C1NCCCN1.c1ccc(COC2CCC2)cc1. The van der Waals surface area contributed by atoms with Gasteiger partial charge >= 0.3 is 6.03 Å². The summed E-state index contributed by atoms with van der Waals surface area (Å²) in [6.45, 7) is 2.43. The molecule has 3 rings (SSSR count). The third-order valence-corrected chi connectivity index (χ3v) is 3.31. The van der Waals surface area contributed by atoms with E-state index in [1.54, 1.807) is 0 Å². The Kier molecular flexibility index (Phi) is 5.69. The molecule has 0 unspecified atom stereocenters. The molecule has 1 aliphatic heterocycles. The number of hydrogen-bond acceptors (Lipinski definition) is 2. The van der Waals surface area contributed by atoms with E-state index in [4.69, 9.17) is 4.74 Å². The van der Waals surface area contributed by atoms with Crippen LogP contribution in [0.4, 0.5) is 4.79 Å². The average Bonchev–Trinajstić information content (AvgIpc) is 2.40. The number of amides is 2. The number of carbonyl (C=O) groups is 1. The first-order valence-electron chi connectivity index (χ1n) is 7.02. The normalized spacial score (nSPS) is 18.4. The smallest absolute Gasteiger partial charge is 0.314 e. The molecule has 2 N–H and O–H groups in total. The van der Waals surface area contributed by atoms with Gasteiger partial charge < -0.3 is 15.4 Å². The maximum absolute atomic E-state index is 10.2. The lowest BCUT2D eigenvalue weighted by atomic mass is 9.96. The molecule has 1 heterocycles. The molecule has 2 amide bonds. The second-order valence-electron chi connectivity index (χ2n) is 4.89. The summed E-state index contributed by atoms with van der Waals surface area (Å²) >= 11 is 0. The predicted octanol–water partition coefficient (Wildman–Crippen LogP) is 2.45. The first kappa shape index (κ1) is 13.9. The van der Waals surface area contributed by atoms with E-state index in [0.717, 1.165) is 26.1 Å². The lowest BCUT2D eigenvalue weighted by molar-refractivity contribution is -0.00866. The zero-order valence-corrected chi connectivity index (χ0v) is 11.2. The molecule has 0 radical (unpaired) electrons. The Labute approximate surface area is 114 Å². The van der Waals surface area contributed by atoms with E-state index in [1.165, 1.54) is 24.8 Å². The molecular formula is C15H22N2O2. The highest BCUT2D eigenvalue weighted by molar-refractivity contribution is 5.74. The van der Waals surface area contributed by atoms with Crippen LogP contribution in [0, 0.1) is 0 Å². The number of rotatable bonds is 3. The molecule has 1 aliphatic carbocycles. The fourth-order valence-corrected chi connectivity index (χ4v) is 1.88. The van der Waals surface area contributed by atoms with E-state index in [-0.39, 0.29) is 6.03 Å². The van der Waals surface area contributed by atoms with Gasteiger partial charge in [0.15, 0.2) is 0 Å². The molecule has 1 aromatic rings. The van der Waals surface area contributed by atoms with Crippen LogP contribution in [-0.4, -0.2) is 25.2 Å². The minimum absolute atomic E-state index is 0.0359. The molecule has 0 aromatic heterocycles. The van der Waals surface area contributed by atoms with Crippen molar-refractivity contribution in [2.24, 2.45) is 0 Å². The summed E-state index contributed by atoms with van der Waals surface area (Å²) in [4.78, 5) is 10.2.